The number of hydrogen-bond acceptors (Lipinski definition) is 3. The van der Waals surface area contributed by atoms with Gasteiger partial charge in [0.1, 0.15) is 5.82 Å². The van der Waals surface area contributed by atoms with Crippen molar-refractivity contribution in [2.45, 2.75) is 117 Å². The quantitative estimate of drug-likeness (QED) is 0.192. The number of H-pyrrole nitrogens is 1. The number of rotatable bonds is 18. The average molecular weight is 429 g/mol. The number of hydrogen-bond donors (Lipinski definition) is 1. The van der Waals surface area contributed by atoms with Crippen LogP contribution in [0, 0.1) is 0 Å². The molecule has 4 heteroatoms. The first-order valence-electron chi connectivity index (χ1n) is 12.9. The molecule has 0 radical (unpaired) electrons. The molecule has 2 rings (SSSR count). The van der Waals surface area contributed by atoms with Gasteiger partial charge in [-0.2, -0.15) is 0 Å². The lowest BCUT2D eigenvalue weighted by Crippen LogP contribution is -2.06. The Balaban J connectivity index is 1.56. The lowest BCUT2D eigenvalue weighted by atomic mass is 10.0. The minimum absolute atomic E-state index is 0.247. The molecule has 4 nitrogen and oxygen atoms in total. The molecule has 1 N–H and O–H groups in total. The van der Waals surface area contributed by atoms with Crippen molar-refractivity contribution in [3.63, 3.8) is 0 Å². The van der Waals surface area contributed by atoms with Gasteiger partial charge in [-0.1, -0.05) is 97.3 Å². The van der Waals surface area contributed by atoms with E-state index >= 15 is 0 Å². The lowest BCUT2D eigenvalue weighted by Gasteiger charge is -2.03. The van der Waals surface area contributed by atoms with Crippen molar-refractivity contribution in [1.82, 2.24) is 9.97 Å². The lowest BCUT2D eigenvalue weighted by molar-refractivity contribution is 0.0500. The highest BCUT2D eigenvalue weighted by Crippen LogP contribution is 2.17. The molecule has 0 unspecified atom stereocenters. The van der Waals surface area contributed by atoms with Crippen molar-refractivity contribution in [2.75, 3.05) is 6.61 Å². The van der Waals surface area contributed by atoms with Crippen LogP contribution in [0.2, 0.25) is 0 Å². The van der Waals surface area contributed by atoms with E-state index in [2.05, 4.69) is 23.8 Å². The summed E-state index contributed by atoms with van der Waals surface area (Å²) in [5.74, 6) is 0.776. The average Bonchev–Trinajstić information content (AvgIpc) is 3.19. The van der Waals surface area contributed by atoms with E-state index in [9.17, 15) is 4.79 Å². The summed E-state index contributed by atoms with van der Waals surface area (Å²) in [5.41, 5.74) is 2.45. The Morgan fingerprint density at radius 1 is 0.806 bits per heavy atom. The second-order valence-electron chi connectivity index (χ2n) is 8.90. The molecule has 0 atom stereocenters. The molecule has 0 saturated heterocycles. The van der Waals surface area contributed by atoms with E-state index < -0.39 is 0 Å². The summed E-state index contributed by atoms with van der Waals surface area (Å²) in [6.45, 7) is 4.85. The molecular formula is C27H44N2O2. The monoisotopic (exact) mass is 428 g/mol. The predicted molar refractivity (Wildman–Crippen MR) is 131 cm³/mol. The van der Waals surface area contributed by atoms with E-state index in [0.717, 1.165) is 36.1 Å². The molecule has 174 valence electrons. The predicted octanol–water partition coefficient (Wildman–Crippen LogP) is 8.15. The van der Waals surface area contributed by atoms with Gasteiger partial charge in [-0.3, -0.25) is 0 Å². The third kappa shape index (κ3) is 10.3. The van der Waals surface area contributed by atoms with Crippen molar-refractivity contribution >= 4 is 17.0 Å². The number of carbonyl (C=O) groups excluding carboxylic acids is 1. The van der Waals surface area contributed by atoms with Gasteiger partial charge in [-0.15, -0.1) is 0 Å². The first-order valence-corrected chi connectivity index (χ1v) is 12.9. The van der Waals surface area contributed by atoms with Crippen LogP contribution in [0.1, 0.15) is 126 Å². The van der Waals surface area contributed by atoms with Crippen LogP contribution < -0.4 is 0 Å². The largest absolute Gasteiger partial charge is 0.462 e. The van der Waals surface area contributed by atoms with Gasteiger partial charge >= 0.3 is 5.97 Å². The summed E-state index contributed by atoms with van der Waals surface area (Å²) in [4.78, 5) is 20.2. The molecule has 0 amide bonds. The van der Waals surface area contributed by atoms with Crippen LogP contribution in [-0.2, 0) is 11.2 Å². The van der Waals surface area contributed by atoms with Crippen LogP contribution in [0.15, 0.2) is 18.2 Å². The zero-order valence-electron chi connectivity index (χ0n) is 20.0. The van der Waals surface area contributed by atoms with Crippen molar-refractivity contribution in [1.29, 1.82) is 0 Å². The number of benzene rings is 1. The number of aryl methyl sites for hydroxylation is 1. The Bertz CT molecular complexity index is 738. The summed E-state index contributed by atoms with van der Waals surface area (Å²) in [6.07, 6.45) is 20.7. The van der Waals surface area contributed by atoms with Crippen LogP contribution in [0.5, 0.6) is 0 Å². The number of nitrogens with one attached hydrogen (secondary N) is 1. The molecule has 0 fully saturated rings. The number of imidazole rings is 1. The molecule has 1 aromatic carbocycles. The number of unbranched alkanes of at least 4 members (excludes halogenated alkanes) is 13. The van der Waals surface area contributed by atoms with Gasteiger partial charge < -0.3 is 9.72 Å². The fraction of sp³-hybridized carbons (Fsp3) is 0.704. The maximum absolute atomic E-state index is 12.1. The molecule has 0 saturated carbocycles. The summed E-state index contributed by atoms with van der Waals surface area (Å²) < 4.78 is 5.30. The number of fused-ring (bicyclic) bond motifs is 1. The summed E-state index contributed by atoms with van der Waals surface area (Å²) >= 11 is 0. The fourth-order valence-electron chi connectivity index (χ4n) is 4.01. The number of carbonyl (C=O) groups is 1. The summed E-state index contributed by atoms with van der Waals surface area (Å²) in [7, 11) is 0. The Kier molecular flexibility index (Phi) is 13.0. The van der Waals surface area contributed by atoms with Crippen LogP contribution in [0.4, 0.5) is 0 Å². The van der Waals surface area contributed by atoms with Gasteiger partial charge in [0.05, 0.1) is 23.2 Å². The second kappa shape index (κ2) is 15.9. The number of nitrogens with zero attached hydrogens (tertiary/aromatic N) is 1. The first kappa shape index (κ1) is 25.4. The molecule has 1 aromatic heterocycles. The van der Waals surface area contributed by atoms with Crippen LogP contribution in [0.25, 0.3) is 11.0 Å². The van der Waals surface area contributed by atoms with Crippen molar-refractivity contribution in [3.05, 3.63) is 29.6 Å². The minimum Gasteiger partial charge on any atom is -0.462 e. The summed E-state index contributed by atoms with van der Waals surface area (Å²) in [5, 5.41) is 0. The number of aromatic nitrogens is 2. The maximum Gasteiger partial charge on any atom is 0.338 e. The van der Waals surface area contributed by atoms with E-state index in [1.54, 1.807) is 0 Å². The van der Waals surface area contributed by atoms with E-state index in [-0.39, 0.29) is 5.97 Å². The Labute approximate surface area is 189 Å². The summed E-state index contributed by atoms with van der Waals surface area (Å²) in [6, 6.07) is 5.59. The fourth-order valence-corrected chi connectivity index (χ4v) is 4.01. The van der Waals surface area contributed by atoms with Gasteiger partial charge in [-0.25, -0.2) is 9.78 Å². The molecule has 31 heavy (non-hydrogen) atoms. The van der Waals surface area contributed by atoms with Crippen molar-refractivity contribution in [3.8, 4) is 0 Å². The molecular weight excluding hydrogens is 384 g/mol. The topological polar surface area (TPSA) is 55.0 Å². The smallest absolute Gasteiger partial charge is 0.338 e. The maximum atomic E-state index is 12.1. The van der Waals surface area contributed by atoms with Crippen LogP contribution in [0.3, 0.4) is 0 Å². The van der Waals surface area contributed by atoms with Gasteiger partial charge in [-0.05, 0) is 31.0 Å². The highest BCUT2D eigenvalue weighted by molar-refractivity contribution is 5.93. The van der Waals surface area contributed by atoms with Crippen molar-refractivity contribution < 1.29 is 9.53 Å². The minimum atomic E-state index is -0.247. The highest BCUT2D eigenvalue weighted by Gasteiger charge is 2.10. The standard InChI is InChI=1S/C27H44N2O2/c1-3-5-7-8-9-10-11-12-13-14-15-16-17-18-26-28-24-20-19-23(22-25(24)29-26)27(30)31-21-6-4-2/h19-20,22H,3-18,21H2,1-2H3,(H,28,29). The van der Waals surface area contributed by atoms with E-state index in [1.807, 2.05) is 18.2 Å². The van der Waals surface area contributed by atoms with E-state index in [0.29, 0.717) is 12.2 Å². The number of ether oxygens (including phenoxy) is 1. The molecule has 0 aliphatic rings. The third-order valence-electron chi connectivity index (χ3n) is 6.01. The van der Waals surface area contributed by atoms with E-state index in [1.165, 1.54) is 83.5 Å². The van der Waals surface area contributed by atoms with E-state index in [4.69, 9.17) is 4.74 Å². The SMILES string of the molecule is CCCCCCCCCCCCCCCc1nc2ccc(C(=O)OCCCC)cc2[nH]1. The van der Waals surface area contributed by atoms with Crippen LogP contribution in [-0.4, -0.2) is 22.5 Å². The third-order valence-corrected chi connectivity index (χ3v) is 6.01. The molecule has 0 spiro atoms. The molecule has 2 aromatic rings. The van der Waals surface area contributed by atoms with Gasteiger partial charge in [0.25, 0.3) is 0 Å². The van der Waals surface area contributed by atoms with Gasteiger partial charge in [0, 0.05) is 6.42 Å². The zero-order chi connectivity index (χ0) is 22.2. The van der Waals surface area contributed by atoms with Gasteiger partial charge in [0.15, 0.2) is 0 Å². The van der Waals surface area contributed by atoms with Crippen LogP contribution >= 0.6 is 0 Å². The highest BCUT2D eigenvalue weighted by atomic mass is 16.5. The molecule has 0 bridgehead atoms. The van der Waals surface area contributed by atoms with Crippen molar-refractivity contribution in [2.24, 2.45) is 0 Å². The normalized spacial score (nSPS) is 11.3. The number of aromatic amines is 1. The molecule has 1 heterocycles. The number of esters is 1. The van der Waals surface area contributed by atoms with Gasteiger partial charge in [0.2, 0.25) is 0 Å². The Morgan fingerprint density at radius 3 is 2.00 bits per heavy atom. The molecule has 0 aliphatic heterocycles. The Hall–Kier alpha value is -1.84. The zero-order valence-corrected chi connectivity index (χ0v) is 20.0. The molecule has 0 aliphatic carbocycles. The second-order valence-corrected chi connectivity index (χ2v) is 8.90. The first-order chi connectivity index (χ1) is 15.2. The Morgan fingerprint density at radius 2 is 1.39 bits per heavy atom.